The Bertz CT molecular complexity index is 570. The first kappa shape index (κ1) is 15.0. The van der Waals surface area contributed by atoms with Crippen LogP contribution in [-0.2, 0) is 11.3 Å². The third-order valence-electron chi connectivity index (χ3n) is 3.00. The number of carbonyl (C=O) groups is 1. The first-order valence-electron chi connectivity index (χ1n) is 7.10. The molecule has 1 aromatic heterocycles. The number of hydrogen-bond acceptors (Lipinski definition) is 3. The fourth-order valence-electron chi connectivity index (χ4n) is 1.91. The topological polar surface area (TPSA) is 51.2 Å². The minimum atomic E-state index is 0.0218. The van der Waals surface area contributed by atoms with Crippen LogP contribution in [0.3, 0.4) is 0 Å². The van der Waals surface area contributed by atoms with Gasteiger partial charge in [-0.1, -0.05) is 18.2 Å². The zero-order chi connectivity index (χ0) is 14.9. The van der Waals surface area contributed by atoms with E-state index >= 15 is 0 Å². The van der Waals surface area contributed by atoms with Gasteiger partial charge in [0.1, 0.15) is 5.75 Å². The molecular formula is C17H20N2O2. The van der Waals surface area contributed by atoms with Crippen molar-refractivity contribution < 1.29 is 9.53 Å². The number of hydrogen-bond donors (Lipinski definition) is 1. The van der Waals surface area contributed by atoms with Gasteiger partial charge in [-0.2, -0.15) is 0 Å². The molecule has 1 aromatic carbocycles. The molecule has 0 fully saturated rings. The lowest BCUT2D eigenvalue weighted by atomic mass is 10.2. The molecule has 0 bridgehead atoms. The van der Waals surface area contributed by atoms with E-state index in [4.69, 9.17) is 4.74 Å². The average Bonchev–Trinajstić information content (AvgIpc) is 2.51. The molecule has 1 heterocycles. The van der Waals surface area contributed by atoms with Crippen molar-refractivity contribution in [2.75, 3.05) is 6.61 Å². The van der Waals surface area contributed by atoms with Gasteiger partial charge in [-0.15, -0.1) is 0 Å². The number of ether oxygens (including phenoxy) is 1. The van der Waals surface area contributed by atoms with E-state index < -0.39 is 0 Å². The van der Waals surface area contributed by atoms with Gasteiger partial charge in [0, 0.05) is 12.6 Å². The summed E-state index contributed by atoms with van der Waals surface area (Å²) in [6.45, 7) is 3.04. The zero-order valence-electron chi connectivity index (χ0n) is 12.2. The molecule has 1 amide bonds. The van der Waals surface area contributed by atoms with Gasteiger partial charge >= 0.3 is 0 Å². The molecule has 2 aromatic rings. The number of nitrogens with zero attached hydrogens (tertiary/aromatic N) is 1. The summed E-state index contributed by atoms with van der Waals surface area (Å²) in [5.74, 6) is 0.873. The Morgan fingerprint density at radius 1 is 1.24 bits per heavy atom. The first-order valence-corrected chi connectivity index (χ1v) is 7.10. The van der Waals surface area contributed by atoms with Crippen molar-refractivity contribution in [2.24, 2.45) is 0 Å². The van der Waals surface area contributed by atoms with Gasteiger partial charge in [0.15, 0.2) is 0 Å². The molecule has 1 N–H and O–H groups in total. The highest BCUT2D eigenvalue weighted by Crippen LogP contribution is 2.12. The summed E-state index contributed by atoms with van der Waals surface area (Å²) >= 11 is 0. The van der Waals surface area contributed by atoms with Gasteiger partial charge in [0.05, 0.1) is 18.8 Å². The highest BCUT2D eigenvalue weighted by atomic mass is 16.5. The van der Waals surface area contributed by atoms with E-state index in [9.17, 15) is 4.79 Å². The Morgan fingerprint density at radius 3 is 2.90 bits per heavy atom. The molecule has 2 rings (SSSR count). The summed E-state index contributed by atoms with van der Waals surface area (Å²) in [7, 11) is 0. The van der Waals surface area contributed by atoms with Crippen LogP contribution in [0.5, 0.6) is 5.75 Å². The minimum absolute atomic E-state index is 0.0218. The van der Waals surface area contributed by atoms with Gasteiger partial charge in [-0.3, -0.25) is 9.78 Å². The summed E-state index contributed by atoms with van der Waals surface area (Å²) in [6, 6.07) is 13.6. The molecule has 0 spiro atoms. The fourth-order valence-corrected chi connectivity index (χ4v) is 1.91. The summed E-state index contributed by atoms with van der Waals surface area (Å²) in [5, 5.41) is 2.85. The number of carbonyl (C=O) groups excluding carboxylic acids is 1. The van der Waals surface area contributed by atoms with E-state index in [0.717, 1.165) is 11.4 Å². The average molecular weight is 284 g/mol. The van der Waals surface area contributed by atoms with E-state index in [1.807, 2.05) is 49.4 Å². The molecule has 0 aliphatic heterocycles. The van der Waals surface area contributed by atoms with Gasteiger partial charge in [-0.25, -0.2) is 0 Å². The van der Waals surface area contributed by atoms with Crippen molar-refractivity contribution in [3.05, 3.63) is 59.9 Å². The normalized spacial score (nSPS) is 10.1. The Balaban J connectivity index is 1.61. The quantitative estimate of drug-likeness (QED) is 0.795. The molecule has 0 aliphatic carbocycles. The van der Waals surface area contributed by atoms with Crippen molar-refractivity contribution in [3.63, 3.8) is 0 Å². The highest BCUT2D eigenvalue weighted by molar-refractivity contribution is 5.75. The Morgan fingerprint density at radius 2 is 2.14 bits per heavy atom. The van der Waals surface area contributed by atoms with Crippen LogP contribution in [-0.4, -0.2) is 17.5 Å². The van der Waals surface area contributed by atoms with E-state index in [1.165, 1.54) is 5.56 Å². The summed E-state index contributed by atoms with van der Waals surface area (Å²) in [6.07, 6.45) is 2.87. The fraction of sp³-hybridized carbons (Fsp3) is 0.294. The molecule has 0 saturated heterocycles. The monoisotopic (exact) mass is 284 g/mol. The predicted octanol–water partition coefficient (Wildman–Crippen LogP) is 2.87. The van der Waals surface area contributed by atoms with Gasteiger partial charge in [0.25, 0.3) is 0 Å². The van der Waals surface area contributed by atoms with Crippen LogP contribution in [0.4, 0.5) is 0 Å². The second-order valence-electron chi connectivity index (χ2n) is 4.87. The van der Waals surface area contributed by atoms with Crippen LogP contribution >= 0.6 is 0 Å². The van der Waals surface area contributed by atoms with Gasteiger partial charge in [-0.05, 0) is 43.2 Å². The van der Waals surface area contributed by atoms with Crippen molar-refractivity contribution in [1.29, 1.82) is 0 Å². The lowest BCUT2D eigenvalue weighted by molar-refractivity contribution is -0.121. The zero-order valence-corrected chi connectivity index (χ0v) is 12.2. The molecule has 0 radical (unpaired) electrons. The SMILES string of the molecule is Cc1cccc(OCCCC(=O)NCc2ccccn2)c1. The largest absolute Gasteiger partial charge is 0.494 e. The predicted molar refractivity (Wildman–Crippen MR) is 82.0 cm³/mol. The van der Waals surface area contributed by atoms with Crippen molar-refractivity contribution in [3.8, 4) is 5.75 Å². The van der Waals surface area contributed by atoms with Crippen LogP contribution < -0.4 is 10.1 Å². The maximum Gasteiger partial charge on any atom is 0.220 e. The van der Waals surface area contributed by atoms with E-state index in [0.29, 0.717) is 26.0 Å². The molecule has 110 valence electrons. The maximum absolute atomic E-state index is 11.7. The van der Waals surface area contributed by atoms with Gasteiger partial charge < -0.3 is 10.1 Å². The molecule has 0 unspecified atom stereocenters. The Labute approximate surface area is 125 Å². The molecule has 0 aliphatic rings. The number of aromatic nitrogens is 1. The van der Waals surface area contributed by atoms with Crippen LogP contribution in [0.15, 0.2) is 48.7 Å². The molecule has 4 heteroatoms. The summed E-state index contributed by atoms with van der Waals surface area (Å²) in [5.41, 5.74) is 2.03. The summed E-state index contributed by atoms with van der Waals surface area (Å²) in [4.78, 5) is 15.8. The standard InChI is InChI=1S/C17H20N2O2/c1-14-6-4-8-16(12-14)21-11-5-9-17(20)19-13-15-7-2-3-10-18-15/h2-4,6-8,10,12H,5,9,11,13H2,1H3,(H,19,20). The van der Waals surface area contributed by atoms with Crippen molar-refractivity contribution in [1.82, 2.24) is 10.3 Å². The molecule has 0 saturated carbocycles. The Hall–Kier alpha value is -2.36. The van der Waals surface area contributed by atoms with E-state index in [1.54, 1.807) is 6.20 Å². The highest BCUT2D eigenvalue weighted by Gasteiger charge is 2.02. The second-order valence-corrected chi connectivity index (χ2v) is 4.87. The van der Waals surface area contributed by atoms with Crippen LogP contribution in [0.2, 0.25) is 0 Å². The smallest absolute Gasteiger partial charge is 0.220 e. The van der Waals surface area contributed by atoms with E-state index in [2.05, 4.69) is 10.3 Å². The molecule has 4 nitrogen and oxygen atoms in total. The number of amides is 1. The van der Waals surface area contributed by atoms with Crippen molar-refractivity contribution >= 4 is 5.91 Å². The Kier molecular flexibility index (Phi) is 5.76. The van der Waals surface area contributed by atoms with Crippen molar-refractivity contribution in [2.45, 2.75) is 26.3 Å². The second kappa shape index (κ2) is 8.04. The van der Waals surface area contributed by atoms with Crippen LogP contribution in [0, 0.1) is 6.92 Å². The lowest BCUT2D eigenvalue weighted by Gasteiger charge is -2.07. The van der Waals surface area contributed by atoms with Gasteiger partial charge in [0.2, 0.25) is 5.91 Å². The number of nitrogens with one attached hydrogen (secondary N) is 1. The third-order valence-corrected chi connectivity index (χ3v) is 3.00. The minimum Gasteiger partial charge on any atom is -0.494 e. The number of aryl methyl sites for hydroxylation is 1. The number of rotatable bonds is 7. The molecular weight excluding hydrogens is 264 g/mol. The van der Waals surface area contributed by atoms with Crippen LogP contribution in [0.1, 0.15) is 24.1 Å². The lowest BCUT2D eigenvalue weighted by Crippen LogP contribution is -2.23. The molecule has 21 heavy (non-hydrogen) atoms. The maximum atomic E-state index is 11.7. The molecule has 0 atom stereocenters. The summed E-state index contributed by atoms with van der Waals surface area (Å²) < 4.78 is 5.61. The first-order chi connectivity index (χ1) is 10.2. The third kappa shape index (κ3) is 5.65. The number of benzene rings is 1. The number of pyridine rings is 1. The van der Waals surface area contributed by atoms with E-state index in [-0.39, 0.29) is 5.91 Å². The van der Waals surface area contributed by atoms with Crippen LogP contribution in [0.25, 0.3) is 0 Å².